The highest BCUT2D eigenvalue weighted by Crippen LogP contribution is 2.49. The van der Waals surface area contributed by atoms with Crippen molar-refractivity contribution >= 4 is 119 Å². The van der Waals surface area contributed by atoms with Crippen LogP contribution in [0, 0.1) is 0 Å². The number of fused-ring (bicyclic) bond motifs is 6. The second-order valence-corrected chi connectivity index (χ2v) is 20.6. The van der Waals surface area contributed by atoms with Crippen LogP contribution in [-0.2, 0) is 0 Å². The van der Waals surface area contributed by atoms with E-state index in [4.69, 9.17) is 4.42 Å². The van der Waals surface area contributed by atoms with Crippen LogP contribution in [-0.4, -0.2) is 0 Å². The van der Waals surface area contributed by atoms with Gasteiger partial charge in [0.15, 0.2) is 0 Å². The summed E-state index contributed by atoms with van der Waals surface area (Å²) in [6.45, 7) is 0. The Morgan fingerprint density at radius 2 is 0.560 bits per heavy atom. The molecular formula is C74H42O. The van der Waals surface area contributed by atoms with Crippen molar-refractivity contribution in [3.05, 3.63) is 255 Å². The first kappa shape index (κ1) is 40.7. The van der Waals surface area contributed by atoms with Gasteiger partial charge in [-0.1, -0.05) is 224 Å². The van der Waals surface area contributed by atoms with E-state index in [9.17, 15) is 0 Å². The Balaban J connectivity index is 1.01. The summed E-state index contributed by atoms with van der Waals surface area (Å²) < 4.78 is 6.82. The van der Waals surface area contributed by atoms with Gasteiger partial charge in [0.05, 0.1) is 0 Å². The summed E-state index contributed by atoms with van der Waals surface area (Å²) in [5.41, 5.74) is 13.6. The number of hydrogen-bond donors (Lipinski definition) is 0. The van der Waals surface area contributed by atoms with Gasteiger partial charge in [-0.2, -0.15) is 0 Å². The van der Waals surface area contributed by atoms with Crippen molar-refractivity contribution < 1.29 is 4.42 Å². The summed E-state index contributed by atoms with van der Waals surface area (Å²) >= 11 is 0. The third-order valence-electron chi connectivity index (χ3n) is 16.7. The molecule has 0 aliphatic carbocycles. The van der Waals surface area contributed by atoms with Crippen LogP contribution in [0.4, 0.5) is 0 Å². The van der Waals surface area contributed by atoms with Gasteiger partial charge in [-0.3, -0.25) is 0 Å². The molecule has 0 bridgehead atoms. The summed E-state index contributed by atoms with van der Waals surface area (Å²) in [5, 5.41) is 24.9. The quantitative estimate of drug-likeness (QED) is 0.157. The minimum atomic E-state index is 0.896. The maximum absolute atomic E-state index is 6.82. The lowest BCUT2D eigenvalue weighted by Crippen LogP contribution is -1.93. The fourth-order valence-corrected chi connectivity index (χ4v) is 13.4. The molecule has 0 fully saturated rings. The van der Waals surface area contributed by atoms with Crippen LogP contribution >= 0.6 is 0 Å². The van der Waals surface area contributed by atoms with Gasteiger partial charge in [-0.05, 0) is 177 Å². The van der Waals surface area contributed by atoms with Gasteiger partial charge in [0, 0.05) is 16.3 Å². The van der Waals surface area contributed by atoms with Crippen LogP contribution in [0.25, 0.3) is 175 Å². The maximum atomic E-state index is 6.82. The molecule has 1 nitrogen and oxygen atoms in total. The molecule has 1 heterocycles. The highest BCUT2D eigenvalue weighted by atomic mass is 16.3. The third-order valence-corrected chi connectivity index (χ3v) is 16.7. The Morgan fingerprint density at radius 1 is 0.187 bits per heavy atom. The molecule has 1 heteroatoms. The van der Waals surface area contributed by atoms with E-state index in [2.05, 4.69) is 255 Å². The van der Waals surface area contributed by atoms with Crippen LogP contribution in [0.2, 0.25) is 0 Å². The summed E-state index contributed by atoms with van der Waals surface area (Å²) in [5.74, 6) is 0. The van der Waals surface area contributed by atoms with Crippen molar-refractivity contribution in [2.75, 3.05) is 0 Å². The lowest BCUT2D eigenvalue weighted by Gasteiger charge is -2.20. The SMILES string of the molecule is c1ccc2c(-c3cccc4c(-c5ccc6ccc7cccc8ccc5c6c78)cc(-c5cc(-c6ccc7ccc8cccc9ccc6c7c89)c6cccc(-c7cccc8c7oc7ccccc78)c6c5)cc34)cccc2c1. The van der Waals surface area contributed by atoms with Crippen LogP contribution in [0.15, 0.2) is 259 Å². The predicted octanol–water partition coefficient (Wildman–Crippen LogP) is 21.2. The van der Waals surface area contributed by atoms with E-state index < -0.39 is 0 Å². The number of benzene rings is 16. The van der Waals surface area contributed by atoms with Crippen molar-refractivity contribution in [3.63, 3.8) is 0 Å². The molecule has 0 atom stereocenters. The summed E-state index contributed by atoms with van der Waals surface area (Å²) in [6, 6.07) is 95.5. The molecule has 0 N–H and O–H groups in total. The van der Waals surface area contributed by atoms with Crippen molar-refractivity contribution in [2.45, 2.75) is 0 Å². The average molecular weight is 947 g/mol. The molecule has 0 amide bonds. The fraction of sp³-hybridized carbons (Fsp3) is 0. The Labute approximate surface area is 431 Å². The standard InChI is InChI=1S/C74H42O/c1-2-17-52-43(11-1)12-7-19-53(52)54-20-8-22-56-65(54)39-50(41-67(56)58-35-31-48-29-27-44-13-5-15-46-33-37-61(58)72(48)70(44)46)51-40-66-55(63-24-10-25-64-60-18-3-4-26-69(60)75-74(63)64)21-9-23-57(66)68(42-51)59-36-32-49-30-28-45-14-6-16-47-34-38-62(59)73(49)71(45)47/h1-42H. The molecule has 0 saturated carbocycles. The number of para-hydroxylation sites is 2. The zero-order valence-corrected chi connectivity index (χ0v) is 40.7. The van der Waals surface area contributed by atoms with E-state index in [0.717, 1.165) is 44.2 Å². The van der Waals surface area contributed by atoms with Gasteiger partial charge in [-0.25, -0.2) is 0 Å². The maximum Gasteiger partial charge on any atom is 0.143 e. The van der Waals surface area contributed by atoms with Crippen LogP contribution in [0.3, 0.4) is 0 Å². The number of hydrogen-bond acceptors (Lipinski definition) is 1. The zero-order valence-electron chi connectivity index (χ0n) is 40.7. The van der Waals surface area contributed by atoms with Gasteiger partial charge in [0.1, 0.15) is 11.2 Å². The molecule has 0 radical (unpaired) electrons. The highest BCUT2D eigenvalue weighted by molar-refractivity contribution is 6.29. The van der Waals surface area contributed by atoms with Gasteiger partial charge >= 0.3 is 0 Å². The lowest BCUT2D eigenvalue weighted by atomic mass is 9.83. The highest BCUT2D eigenvalue weighted by Gasteiger charge is 2.22. The molecule has 0 aliphatic rings. The van der Waals surface area contributed by atoms with Crippen LogP contribution in [0.5, 0.6) is 0 Å². The summed E-state index contributed by atoms with van der Waals surface area (Å²) in [4.78, 5) is 0. The van der Waals surface area contributed by atoms with Gasteiger partial charge in [0.25, 0.3) is 0 Å². The monoisotopic (exact) mass is 946 g/mol. The molecule has 0 saturated heterocycles. The lowest BCUT2D eigenvalue weighted by molar-refractivity contribution is 0.670. The molecule has 344 valence electrons. The Kier molecular flexibility index (Phi) is 8.34. The topological polar surface area (TPSA) is 13.1 Å². The molecular weight excluding hydrogens is 905 g/mol. The minimum Gasteiger partial charge on any atom is -0.455 e. The van der Waals surface area contributed by atoms with Crippen molar-refractivity contribution in [3.8, 4) is 55.6 Å². The third kappa shape index (κ3) is 5.84. The Morgan fingerprint density at radius 3 is 1.15 bits per heavy atom. The predicted molar refractivity (Wildman–Crippen MR) is 321 cm³/mol. The zero-order chi connectivity index (χ0) is 48.9. The molecule has 75 heavy (non-hydrogen) atoms. The average Bonchev–Trinajstić information content (AvgIpc) is 3.88. The van der Waals surface area contributed by atoms with E-state index in [0.29, 0.717) is 0 Å². The fourth-order valence-electron chi connectivity index (χ4n) is 13.4. The van der Waals surface area contributed by atoms with E-state index in [1.54, 1.807) is 0 Å². The molecule has 0 spiro atoms. The number of furan rings is 1. The normalized spacial score (nSPS) is 12.3. The number of rotatable bonds is 5. The van der Waals surface area contributed by atoms with E-state index >= 15 is 0 Å². The summed E-state index contributed by atoms with van der Waals surface area (Å²) in [6.07, 6.45) is 0. The van der Waals surface area contributed by atoms with E-state index in [-0.39, 0.29) is 0 Å². The first-order valence-corrected chi connectivity index (χ1v) is 26.1. The smallest absolute Gasteiger partial charge is 0.143 e. The Hall–Kier alpha value is -9.82. The van der Waals surface area contributed by atoms with Crippen LogP contribution < -0.4 is 0 Å². The molecule has 17 aromatic rings. The van der Waals surface area contributed by atoms with Gasteiger partial charge in [-0.15, -0.1) is 0 Å². The van der Waals surface area contributed by atoms with Crippen molar-refractivity contribution in [2.24, 2.45) is 0 Å². The molecule has 1 aromatic heterocycles. The van der Waals surface area contributed by atoms with Crippen molar-refractivity contribution in [1.29, 1.82) is 0 Å². The molecule has 0 unspecified atom stereocenters. The molecule has 0 aliphatic heterocycles. The van der Waals surface area contributed by atoms with Gasteiger partial charge in [0.2, 0.25) is 0 Å². The second-order valence-electron chi connectivity index (χ2n) is 20.6. The van der Waals surface area contributed by atoms with Crippen LogP contribution in [0.1, 0.15) is 0 Å². The van der Waals surface area contributed by atoms with E-state index in [1.807, 2.05) is 0 Å². The first-order valence-electron chi connectivity index (χ1n) is 26.1. The van der Waals surface area contributed by atoms with Crippen molar-refractivity contribution in [1.82, 2.24) is 0 Å². The summed E-state index contributed by atoms with van der Waals surface area (Å²) in [7, 11) is 0. The first-order chi connectivity index (χ1) is 37.2. The minimum absolute atomic E-state index is 0.896. The second kappa shape index (κ2) is 15.4. The molecule has 17 rings (SSSR count). The molecule has 16 aromatic carbocycles. The Bertz CT molecular complexity index is 5210. The largest absolute Gasteiger partial charge is 0.455 e. The van der Waals surface area contributed by atoms with E-state index in [1.165, 1.54) is 130 Å². The van der Waals surface area contributed by atoms with Gasteiger partial charge < -0.3 is 4.42 Å².